The zero-order valence-corrected chi connectivity index (χ0v) is 5.19. The van der Waals surface area contributed by atoms with E-state index in [9.17, 15) is 0 Å². The summed E-state index contributed by atoms with van der Waals surface area (Å²) in [7, 11) is 0. The molecule has 0 aromatic rings. The molecule has 2 aliphatic heterocycles. The smallest absolute Gasteiger partial charge is 0.202 e. The molecule has 0 atom stereocenters. The summed E-state index contributed by atoms with van der Waals surface area (Å²) in [5.41, 5.74) is 0.889. The van der Waals surface area contributed by atoms with Crippen LogP contribution in [0, 0.1) is 0 Å². The molecular weight excluding hydrogens is 130 g/mol. The molecule has 4 nitrogen and oxygen atoms in total. The molecule has 2 heterocycles. The summed E-state index contributed by atoms with van der Waals surface area (Å²) in [6.45, 7) is 3.53. The van der Waals surface area contributed by atoms with E-state index in [4.69, 9.17) is 4.52 Å². The van der Waals surface area contributed by atoms with Crippen LogP contribution in [-0.2, 0) is 0 Å². The fraction of sp³-hybridized carbons (Fsp3) is 0. The van der Waals surface area contributed by atoms with E-state index in [1.807, 2.05) is 0 Å². The zero-order chi connectivity index (χ0) is 6.97. The van der Waals surface area contributed by atoms with Crippen molar-refractivity contribution in [1.82, 2.24) is 14.9 Å². The van der Waals surface area contributed by atoms with E-state index in [0.29, 0.717) is 5.82 Å². The van der Waals surface area contributed by atoms with Gasteiger partial charge < -0.3 is 4.52 Å². The monoisotopic (exact) mass is 135 g/mol. The molecule has 0 spiro atoms. The van der Waals surface area contributed by atoms with E-state index in [2.05, 4.69) is 16.8 Å². The lowest BCUT2D eigenvalue weighted by atomic mass is 10.4. The average Bonchev–Trinajstić information content (AvgIpc) is 2.44. The summed E-state index contributed by atoms with van der Waals surface area (Å²) in [6, 6.07) is 0. The van der Waals surface area contributed by atoms with Crippen molar-refractivity contribution in [2.24, 2.45) is 0 Å². The van der Waals surface area contributed by atoms with Gasteiger partial charge in [0.2, 0.25) is 5.82 Å². The fourth-order valence-corrected chi connectivity index (χ4v) is 0.809. The number of hydrogen-bond donors (Lipinski definition) is 0. The van der Waals surface area contributed by atoms with Crippen LogP contribution < -0.4 is 0 Å². The van der Waals surface area contributed by atoms with Crippen molar-refractivity contribution in [3.63, 3.8) is 0 Å². The topological polar surface area (TPSA) is 43.9 Å². The molecule has 4 heteroatoms. The highest BCUT2D eigenvalue weighted by Crippen LogP contribution is 2.18. The van der Waals surface area contributed by atoms with Crippen molar-refractivity contribution in [2.45, 2.75) is 0 Å². The van der Waals surface area contributed by atoms with Crippen LogP contribution in [0.4, 0.5) is 0 Å². The highest BCUT2D eigenvalue weighted by Gasteiger charge is 2.10. The van der Waals surface area contributed by atoms with Crippen LogP contribution in [0.25, 0.3) is 17.6 Å². The van der Waals surface area contributed by atoms with Crippen molar-refractivity contribution in [1.29, 1.82) is 0 Å². The highest BCUT2D eigenvalue weighted by atomic mass is 16.5. The molecular formula is C6H5N3O. The molecule has 0 aliphatic carbocycles. The Bertz CT molecular complexity index is 322. The Labute approximate surface area is 57.1 Å². The molecule has 0 N–H and O–H groups in total. The Balaban J connectivity index is 2.71. The Morgan fingerprint density at radius 2 is 2.60 bits per heavy atom. The van der Waals surface area contributed by atoms with Gasteiger partial charge in [-0.15, -0.1) is 5.10 Å². The maximum Gasteiger partial charge on any atom is 0.202 e. The Morgan fingerprint density at radius 3 is 3.40 bits per heavy atom. The molecule has 50 valence electrons. The highest BCUT2D eigenvalue weighted by molar-refractivity contribution is 5.55. The van der Waals surface area contributed by atoms with E-state index < -0.39 is 0 Å². The summed E-state index contributed by atoms with van der Waals surface area (Å²) in [5.74, 6) is 0.704. The molecule has 0 aromatic heterocycles. The Hall–Kier alpha value is -1.58. The van der Waals surface area contributed by atoms with Crippen molar-refractivity contribution in [3.05, 3.63) is 19.0 Å². The van der Waals surface area contributed by atoms with Gasteiger partial charge in [-0.3, -0.25) is 0 Å². The van der Waals surface area contributed by atoms with Crippen molar-refractivity contribution < 1.29 is 4.52 Å². The van der Waals surface area contributed by atoms with Crippen LogP contribution >= 0.6 is 0 Å². The maximum absolute atomic E-state index is 5.00. The lowest BCUT2D eigenvalue weighted by Crippen LogP contribution is -1.84. The first-order chi connectivity index (χ1) is 4.92. The van der Waals surface area contributed by atoms with Gasteiger partial charge >= 0.3 is 0 Å². The van der Waals surface area contributed by atoms with Gasteiger partial charge in [0.15, 0.2) is 0 Å². The van der Waals surface area contributed by atoms with E-state index in [1.54, 1.807) is 12.5 Å². The second-order valence-electron chi connectivity index (χ2n) is 1.86. The lowest BCUT2D eigenvalue weighted by molar-refractivity contribution is 0.364. The minimum atomic E-state index is 0.704. The van der Waals surface area contributed by atoms with Gasteiger partial charge in [-0.05, 0) is 0 Å². The number of hydrogen-bond acceptors (Lipinski definition) is 3. The molecule has 0 aromatic carbocycles. The van der Waals surface area contributed by atoms with Crippen molar-refractivity contribution in [3.8, 4) is 11.4 Å². The van der Waals surface area contributed by atoms with E-state index in [0.717, 1.165) is 5.56 Å². The first kappa shape index (κ1) is 5.22. The minimum Gasteiger partial charge on any atom is -0.381 e. The largest absolute Gasteiger partial charge is 0.381 e. The summed E-state index contributed by atoms with van der Waals surface area (Å²) in [4.78, 5) is 0. The number of fused-ring (bicyclic) bond motifs is 1. The Kier molecular flexibility index (Phi) is 0.887. The van der Waals surface area contributed by atoms with E-state index >= 15 is 0 Å². The molecule has 0 saturated heterocycles. The summed E-state index contributed by atoms with van der Waals surface area (Å²) in [6.07, 6.45) is 4.76. The third-order valence-electron chi connectivity index (χ3n) is 1.28. The number of rotatable bonds is 1. The SMILES string of the molecule is C=Cn1occ2cnnc1-2. The van der Waals surface area contributed by atoms with Crippen LogP contribution in [0.15, 0.2) is 23.6 Å². The predicted molar refractivity (Wildman–Crippen MR) is 35.3 cm³/mol. The van der Waals surface area contributed by atoms with Crippen molar-refractivity contribution in [2.75, 3.05) is 0 Å². The van der Waals surface area contributed by atoms with Gasteiger partial charge in [0.25, 0.3) is 0 Å². The normalized spacial score (nSPS) is 10.4. The van der Waals surface area contributed by atoms with Gasteiger partial charge in [0, 0.05) is 6.20 Å². The molecule has 0 unspecified atom stereocenters. The lowest BCUT2D eigenvalue weighted by Gasteiger charge is -1.87. The maximum atomic E-state index is 5.00. The average molecular weight is 135 g/mol. The summed E-state index contributed by atoms with van der Waals surface area (Å²) >= 11 is 0. The van der Waals surface area contributed by atoms with Crippen LogP contribution in [-0.4, -0.2) is 14.9 Å². The van der Waals surface area contributed by atoms with Gasteiger partial charge in [-0.25, -0.2) is 0 Å². The quantitative estimate of drug-likeness (QED) is 0.587. The fourth-order valence-electron chi connectivity index (χ4n) is 0.809. The molecule has 0 bridgehead atoms. The third kappa shape index (κ3) is 0.500. The van der Waals surface area contributed by atoms with Gasteiger partial charge in [0.05, 0.1) is 11.8 Å². The van der Waals surface area contributed by atoms with Gasteiger partial charge in [-0.2, -0.15) is 9.84 Å². The van der Waals surface area contributed by atoms with Crippen LogP contribution in [0.3, 0.4) is 0 Å². The van der Waals surface area contributed by atoms with Gasteiger partial charge in [0.1, 0.15) is 6.26 Å². The van der Waals surface area contributed by atoms with Crippen molar-refractivity contribution >= 4 is 6.20 Å². The molecule has 10 heavy (non-hydrogen) atoms. The third-order valence-corrected chi connectivity index (χ3v) is 1.28. The first-order valence-corrected chi connectivity index (χ1v) is 2.82. The second kappa shape index (κ2) is 1.70. The van der Waals surface area contributed by atoms with Crippen LogP contribution in [0.1, 0.15) is 0 Å². The van der Waals surface area contributed by atoms with E-state index in [1.165, 1.54) is 10.9 Å². The standard InChI is InChI=1S/C6H5N3O/c1-2-9-6-5(4-10-9)3-7-8-6/h2-4H,1H2. The summed E-state index contributed by atoms with van der Waals surface area (Å²) in [5, 5.41) is 7.49. The van der Waals surface area contributed by atoms with Crippen LogP contribution in [0.5, 0.6) is 0 Å². The van der Waals surface area contributed by atoms with Gasteiger partial charge in [-0.1, -0.05) is 6.58 Å². The Morgan fingerprint density at radius 1 is 1.70 bits per heavy atom. The molecule has 0 amide bonds. The zero-order valence-electron chi connectivity index (χ0n) is 5.19. The summed E-state index contributed by atoms with van der Waals surface area (Å²) < 4.78 is 6.46. The molecule has 0 radical (unpaired) electrons. The number of nitrogens with zero attached hydrogens (tertiary/aromatic N) is 3. The minimum absolute atomic E-state index is 0.704. The van der Waals surface area contributed by atoms with E-state index in [-0.39, 0.29) is 0 Å². The van der Waals surface area contributed by atoms with Crippen LogP contribution in [0.2, 0.25) is 0 Å². The molecule has 2 aliphatic rings. The number of aromatic nitrogens is 3. The molecule has 2 rings (SSSR count). The first-order valence-electron chi connectivity index (χ1n) is 2.82. The second-order valence-corrected chi connectivity index (χ2v) is 1.86. The molecule has 0 saturated carbocycles. The predicted octanol–water partition coefficient (Wildman–Crippen LogP) is 1.08. The molecule has 0 fully saturated rings.